The van der Waals surface area contributed by atoms with Crippen LogP contribution in [-0.2, 0) is 13.0 Å². The number of hydrogen-bond donors (Lipinski definition) is 1. The van der Waals surface area contributed by atoms with Crippen molar-refractivity contribution < 1.29 is 9.21 Å². The third-order valence-corrected chi connectivity index (χ3v) is 7.09. The van der Waals surface area contributed by atoms with Crippen LogP contribution in [0.25, 0.3) is 11.5 Å². The second-order valence-electron chi connectivity index (χ2n) is 9.63. The molecule has 0 bridgehead atoms. The number of anilines is 1. The number of piperazine rings is 1. The molecule has 0 aliphatic carbocycles. The van der Waals surface area contributed by atoms with Crippen LogP contribution in [0.1, 0.15) is 32.9 Å². The first-order valence-electron chi connectivity index (χ1n) is 13.0. The summed E-state index contributed by atoms with van der Waals surface area (Å²) in [5.74, 6) is 1.37. The minimum absolute atomic E-state index is 0.0703. The number of nitrogens with one attached hydrogen (secondary N) is 1. The lowest BCUT2D eigenvalue weighted by Gasteiger charge is -2.35. The Morgan fingerprint density at radius 1 is 0.892 bits per heavy atom. The van der Waals surface area contributed by atoms with Gasteiger partial charge < -0.3 is 14.6 Å². The van der Waals surface area contributed by atoms with Gasteiger partial charge in [-0.3, -0.25) is 9.69 Å². The minimum atomic E-state index is -0.0703. The monoisotopic (exact) mass is 494 g/mol. The third-order valence-electron chi connectivity index (χ3n) is 7.09. The van der Waals surface area contributed by atoms with Gasteiger partial charge in [-0.15, -0.1) is 0 Å². The summed E-state index contributed by atoms with van der Waals surface area (Å²) in [6, 6.07) is 26.3. The van der Waals surface area contributed by atoms with Crippen LogP contribution < -0.4 is 10.2 Å². The molecule has 0 radical (unpaired) electrons. The van der Waals surface area contributed by atoms with Crippen LogP contribution in [-0.4, -0.2) is 48.5 Å². The SMILES string of the molecule is Cc1ccccc1CCNC(=O)c1ccc(-c2nc(CN3CCN(c4ccccc4)CC3)c(C)o2)cc1. The molecule has 4 aromatic rings. The number of aryl methyl sites for hydroxylation is 2. The molecule has 190 valence electrons. The van der Waals surface area contributed by atoms with Crippen molar-refractivity contribution in [3.63, 3.8) is 0 Å². The molecular weight excluding hydrogens is 460 g/mol. The molecule has 37 heavy (non-hydrogen) atoms. The van der Waals surface area contributed by atoms with Crippen molar-refractivity contribution in [2.75, 3.05) is 37.6 Å². The van der Waals surface area contributed by atoms with E-state index in [1.54, 1.807) is 0 Å². The highest BCUT2D eigenvalue weighted by Gasteiger charge is 2.20. The number of nitrogens with zero attached hydrogens (tertiary/aromatic N) is 3. The van der Waals surface area contributed by atoms with E-state index in [1.165, 1.54) is 16.8 Å². The Bertz CT molecular complexity index is 1320. The van der Waals surface area contributed by atoms with E-state index < -0.39 is 0 Å². The van der Waals surface area contributed by atoms with Crippen LogP contribution >= 0.6 is 0 Å². The van der Waals surface area contributed by atoms with Gasteiger partial charge in [-0.25, -0.2) is 4.98 Å². The summed E-state index contributed by atoms with van der Waals surface area (Å²) in [6.45, 7) is 9.44. The Hall–Kier alpha value is -3.90. The van der Waals surface area contributed by atoms with Gasteiger partial charge in [0.05, 0.1) is 5.69 Å². The molecule has 0 saturated carbocycles. The normalized spacial score (nSPS) is 14.1. The largest absolute Gasteiger partial charge is 0.441 e. The highest BCUT2D eigenvalue weighted by molar-refractivity contribution is 5.94. The average molecular weight is 495 g/mol. The van der Waals surface area contributed by atoms with E-state index in [-0.39, 0.29) is 5.91 Å². The summed E-state index contributed by atoms with van der Waals surface area (Å²) in [5.41, 5.74) is 6.27. The maximum atomic E-state index is 12.6. The minimum Gasteiger partial charge on any atom is -0.441 e. The molecule has 2 heterocycles. The number of amides is 1. The van der Waals surface area contributed by atoms with Crippen molar-refractivity contribution in [1.29, 1.82) is 0 Å². The standard InChI is InChI=1S/C31H34N4O2/c1-23-8-6-7-9-25(23)16-17-32-30(36)26-12-14-27(15-13-26)31-33-29(24(2)37-31)22-34-18-20-35(21-19-34)28-10-4-3-5-11-28/h3-15H,16-22H2,1-2H3,(H,32,36). The number of carbonyl (C=O) groups excluding carboxylic acids is 1. The highest BCUT2D eigenvalue weighted by atomic mass is 16.4. The first kappa shape index (κ1) is 24.8. The summed E-state index contributed by atoms with van der Waals surface area (Å²) in [6.07, 6.45) is 0.816. The third kappa shape index (κ3) is 6.09. The number of aromatic nitrogens is 1. The van der Waals surface area contributed by atoms with Gasteiger partial charge in [-0.05, 0) is 67.8 Å². The van der Waals surface area contributed by atoms with Gasteiger partial charge in [0, 0.05) is 56.1 Å². The molecule has 6 heteroatoms. The first-order valence-corrected chi connectivity index (χ1v) is 13.0. The van der Waals surface area contributed by atoms with E-state index in [4.69, 9.17) is 9.40 Å². The topological polar surface area (TPSA) is 61.6 Å². The van der Waals surface area contributed by atoms with Gasteiger partial charge in [0.1, 0.15) is 5.76 Å². The van der Waals surface area contributed by atoms with Crippen LogP contribution in [0.5, 0.6) is 0 Å². The summed E-state index contributed by atoms with van der Waals surface area (Å²) in [4.78, 5) is 22.3. The van der Waals surface area contributed by atoms with Crippen molar-refractivity contribution in [2.24, 2.45) is 0 Å². The lowest BCUT2D eigenvalue weighted by atomic mass is 10.1. The fourth-order valence-corrected chi connectivity index (χ4v) is 4.78. The zero-order valence-electron chi connectivity index (χ0n) is 21.6. The molecule has 1 fully saturated rings. The maximum absolute atomic E-state index is 12.6. The number of hydrogen-bond acceptors (Lipinski definition) is 5. The van der Waals surface area contributed by atoms with Crippen LogP contribution in [0.3, 0.4) is 0 Å². The van der Waals surface area contributed by atoms with E-state index >= 15 is 0 Å². The molecule has 0 spiro atoms. The van der Waals surface area contributed by atoms with E-state index in [2.05, 4.69) is 64.5 Å². The number of carbonyl (C=O) groups is 1. The van der Waals surface area contributed by atoms with Crippen LogP contribution in [0, 0.1) is 13.8 Å². The summed E-state index contributed by atoms with van der Waals surface area (Å²) in [5, 5.41) is 3.02. The molecule has 5 rings (SSSR count). The number of benzene rings is 3. The molecule has 3 aromatic carbocycles. The lowest BCUT2D eigenvalue weighted by molar-refractivity contribution is 0.0954. The molecule has 0 unspecified atom stereocenters. The molecular formula is C31H34N4O2. The first-order chi connectivity index (χ1) is 18.1. The van der Waals surface area contributed by atoms with E-state index in [0.29, 0.717) is 18.0 Å². The highest BCUT2D eigenvalue weighted by Crippen LogP contribution is 2.24. The summed E-state index contributed by atoms with van der Waals surface area (Å²) in [7, 11) is 0. The van der Waals surface area contributed by atoms with E-state index in [9.17, 15) is 4.79 Å². The van der Waals surface area contributed by atoms with E-state index in [1.807, 2.05) is 43.3 Å². The van der Waals surface area contributed by atoms with Crippen molar-refractivity contribution in [2.45, 2.75) is 26.8 Å². The lowest BCUT2D eigenvalue weighted by Crippen LogP contribution is -2.46. The Balaban J connectivity index is 1.14. The Labute approximate surface area is 218 Å². The van der Waals surface area contributed by atoms with Crippen LogP contribution in [0.4, 0.5) is 5.69 Å². The smallest absolute Gasteiger partial charge is 0.251 e. The fraction of sp³-hybridized carbons (Fsp3) is 0.290. The Morgan fingerprint density at radius 3 is 2.32 bits per heavy atom. The predicted octanol–water partition coefficient (Wildman–Crippen LogP) is 5.25. The quantitative estimate of drug-likeness (QED) is 0.362. The van der Waals surface area contributed by atoms with Gasteiger partial charge in [0.15, 0.2) is 0 Å². The average Bonchev–Trinajstić information content (AvgIpc) is 3.30. The second kappa shape index (κ2) is 11.4. The van der Waals surface area contributed by atoms with Crippen LogP contribution in [0.15, 0.2) is 83.3 Å². The molecule has 1 aromatic heterocycles. The molecule has 1 saturated heterocycles. The number of oxazole rings is 1. The van der Waals surface area contributed by atoms with E-state index in [0.717, 1.165) is 56.2 Å². The molecule has 1 amide bonds. The number of rotatable bonds is 8. The molecule has 1 aliphatic heterocycles. The molecule has 0 atom stereocenters. The Kier molecular flexibility index (Phi) is 7.66. The second-order valence-corrected chi connectivity index (χ2v) is 9.63. The van der Waals surface area contributed by atoms with Crippen molar-refractivity contribution >= 4 is 11.6 Å². The fourth-order valence-electron chi connectivity index (χ4n) is 4.78. The zero-order chi connectivity index (χ0) is 25.6. The Morgan fingerprint density at radius 2 is 1.59 bits per heavy atom. The molecule has 1 N–H and O–H groups in total. The summed E-state index contributed by atoms with van der Waals surface area (Å²) < 4.78 is 6.01. The van der Waals surface area contributed by atoms with Gasteiger partial charge in [-0.2, -0.15) is 0 Å². The van der Waals surface area contributed by atoms with Gasteiger partial charge >= 0.3 is 0 Å². The van der Waals surface area contributed by atoms with Gasteiger partial charge in [0.2, 0.25) is 5.89 Å². The van der Waals surface area contributed by atoms with Crippen molar-refractivity contribution in [1.82, 2.24) is 15.2 Å². The van der Waals surface area contributed by atoms with Crippen molar-refractivity contribution in [3.8, 4) is 11.5 Å². The predicted molar refractivity (Wildman–Crippen MR) is 148 cm³/mol. The zero-order valence-corrected chi connectivity index (χ0v) is 21.6. The van der Waals surface area contributed by atoms with Crippen LogP contribution in [0.2, 0.25) is 0 Å². The summed E-state index contributed by atoms with van der Waals surface area (Å²) >= 11 is 0. The molecule has 1 aliphatic rings. The van der Waals surface area contributed by atoms with Gasteiger partial charge in [-0.1, -0.05) is 42.5 Å². The maximum Gasteiger partial charge on any atom is 0.251 e. The van der Waals surface area contributed by atoms with Crippen molar-refractivity contribution in [3.05, 3.63) is 107 Å². The van der Waals surface area contributed by atoms with Gasteiger partial charge in [0.25, 0.3) is 5.91 Å². The number of para-hydroxylation sites is 1. The molecule has 6 nitrogen and oxygen atoms in total.